The summed E-state index contributed by atoms with van der Waals surface area (Å²) in [6, 6.07) is 4.21. The number of allylic oxidation sites excluding steroid dienone is 2. The molecule has 1 aliphatic heterocycles. The van der Waals surface area contributed by atoms with Crippen LogP contribution in [0.25, 0.3) is 5.57 Å². The molecule has 1 aliphatic carbocycles. The van der Waals surface area contributed by atoms with Crippen molar-refractivity contribution in [3.63, 3.8) is 0 Å². The van der Waals surface area contributed by atoms with Gasteiger partial charge in [-0.05, 0) is 76.6 Å². The zero-order valence-electron chi connectivity index (χ0n) is 13.5. The quantitative estimate of drug-likeness (QED) is 0.781. The summed E-state index contributed by atoms with van der Waals surface area (Å²) in [4.78, 5) is 4.47. The summed E-state index contributed by atoms with van der Waals surface area (Å²) < 4.78 is 12.2. The van der Waals surface area contributed by atoms with E-state index in [2.05, 4.69) is 50.9 Å². The number of nitrogens with zero attached hydrogens (tertiary/aromatic N) is 1. The molecule has 0 N–H and O–H groups in total. The van der Waals surface area contributed by atoms with Crippen LogP contribution in [0, 0.1) is 0 Å². The fourth-order valence-corrected chi connectivity index (χ4v) is 2.84. The Balaban J connectivity index is 1.86. The first-order chi connectivity index (χ1) is 9.89. The van der Waals surface area contributed by atoms with E-state index in [0.29, 0.717) is 0 Å². The van der Waals surface area contributed by atoms with Crippen molar-refractivity contribution in [2.24, 2.45) is 0 Å². The lowest BCUT2D eigenvalue weighted by Crippen LogP contribution is -2.41. The van der Waals surface area contributed by atoms with Gasteiger partial charge in [0.05, 0.1) is 16.8 Å². The molecule has 0 spiro atoms. The number of rotatable bonds is 2. The monoisotopic (exact) mass is 285 g/mol. The van der Waals surface area contributed by atoms with Gasteiger partial charge < -0.3 is 9.31 Å². The second-order valence-electron chi connectivity index (χ2n) is 7.03. The Hall–Kier alpha value is -1.13. The zero-order chi connectivity index (χ0) is 15.1. The number of hydrogen-bond donors (Lipinski definition) is 0. The predicted octanol–water partition coefficient (Wildman–Crippen LogP) is 3.34. The Bertz CT molecular complexity index is 550. The lowest BCUT2D eigenvalue weighted by Gasteiger charge is -2.32. The highest BCUT2D eigenvalue weighted by Crippen LogP contribution is 2.36. The first-order valence-corrected chi connectivity index (χ1v) is 7.90. The molecule has 1 aromatic heterocycles. The number of aromatic nitrogens is 1. The summed E-state index contributed by atoms with van der Waals surface area (Å²) in [7, 11) is -0.376. The maximum Gasteiger partial charge on any atom is 0.514 e. The Morgan fingerprint density at radius 1 is 1.10 bits per heavy atom. The van der Waals surface area contributed by atoms with Crippen LogP contribution in [0.2, 0.25) is 0 Å². The summed E-state index contributed by atoms with van der Waals surface area (Å²) in [5, 5.41) is 0. The van der Waals surface area contributed by atoms with E-state index < -0.39 is 0 Å². The first kappa shape index (κ1) is 14.8. The fourth-order valence-electron chi connectivity index (χ4n) is 2.84. The van der Waals surface area contributed by atoms with Gasteiger partial charge in [-0.15, -0.1) is 0 Å². The van der Waals surface area contributed by atoms with Gasteiger partial charge in [-0.25, -0.2) is 0 Å². The van der Waals surface area contributed by atoms with E-state index in [1.807, 2.05) is 6.20 Å². The molecule has 1 fully saturated rings. The van der Waals surface area contributed by atoms with E-state index >= 15 is 0 Å². The topological polar surface area (TPSA) is 31.4 Å². The zero-order valence-corrected chi connectivity index (χ0v) is 13.5. The molecular formula is C17H24BNO2. The van der Waals surface area contributed by atoms with E-state index in [4.69, 9.17) is 9.31 Å². The third kappa shape index (κ3) is 2.79. The summed E-state index contributed by atoms with van der Waals surface area (Å²) in [5.41, 5.74) is 2.92. The molecule has 0 radical (unpaired) electrons. The summed E-state index contributed by atoms with van der Waals surface area (Å²) in [6.07, 6.45) is 9.15. The van der Waals surface area contributed by atoms with Gasteiger partial charge in [0.15, 0.2) is 0 Å². The van der Waals surface area contributed by atoms with Crippen LogP contribution in [0.1, 0.15) is 58.9 Å². The number of pyridine rings is 1. The molecule has 0 aromatic carbocycles. The SMILES string of the molecule is CC1(C)OB(c2cc(C3=CCCCC3)ccn2)OC1(C)C. The lowest BCUT2D eigenvalue weighted by atomic mass is 9.82. The van der Waals surface area contributed by atoms with Crippen LogP contribution in [0.3, 0.4) is 0 Å². The lowest BCUT2D eigenvalue weighted by molar-refractivity contribution is 0.00578. The van der Waals surface area contributed by atoms with Crippen LogP contribution in [0.5, 0.6) is 0 Å². The fraction of sp³-hybridized carbons (Fsp3) is 0.588. The van der Waals surface area contributed by atoms with Gasteiger partial charge in [0, 0.05) is 6.20 Å². The molecule has 0 amide bonds. The predicted molar refractivity (Wildman–Crippen MR) is 86.4 cm³/mol. The van der Waals surface area contributed by atoms with Crippen molar-refractivity contribution in [2.45, 2.75) is 64.6 Å². The average Bonchev–Trinajstić information content (AvgIpc) is 2.69. The summed E-state index contributed by atoms with van der Waals surface area (Å²) in [5.74, 6) is 0. The molecule has 2 heterocycles. The van der Waals surface area contributed by atoms with Crippen LogP contribution < -0.4 is 5.59 Å². The van der Waals surface area contributed by atoms with Gasteiger partial charge in [0.25, 0.3) is 0 Å². The second-order valence-corrected chi connectivity index (χ2v) is 7.03. The van der Waals surface area contributed by atoms with Crippen LogP contribution >= 0.6 is 0 Å². The van der Waals surface area contributed by atoms with Crippen molar-refractivity contribution in [3.8, 4) is 0 Å². The highest BCUT2D eigenvalue weighted by Gasteiger charge is 2.52. The largest absolute Gasteiger partial charge is 0.514 e. The summed E-state index contributed by atoms with van der Waals surface area (Å²) >= 11 is 0. The van der Waals surface area contributed by atoms with E-state index in [1.165, 1.54) is 30.4 Å². The molecular weight excluding hydrogens is 261 g/mol. The molecule has 4 heteroatoms. The van der Waals surface area contributed by atoms with Crippen molar-refractivity contribution >= 4 is 18.3 Å². The van der Waals surface area contributed by atoms with E-state index in [-0.39, 0.29) is 18.3 Å². The molecule has 0 saturated carbocycles. The minimum atomic E-state index is -0.376. The van der Waals surface area contributed by atoms with Gasteiger partial charge in [0.1, 0.15) is 0 Å². The standard InChI is InChI=1S/C17H24BNO2/c1-16(2)17(3,4)21-18(20-16)15-12-14(10-11-19-15)13-8-6-5-7-9-13/h8,10-12H,5-7,9H2,1-4H3. The highest BCUT2D eigenvalue weighted by molar-refractivity contribution is 6.61. The molecule has 0 atom stereocenters. The third-order valence-corrected chi connectivity index (χ3v) is 4.94. The normalized spacial score (nSPS) is 24.0. The molecule has 3 nitrogen and oxygen atoms in total. The van der Waals surface area contributed by atoms with Gasteiger partial charge in [-0.3, -0.25) is 4.98 Å². The first-order valence-electron chi connectivity index (χ1n) is 7.90. The molecule has 1 saturated heterocycles. The molecule has 2 aliphatic rings. The maximum atomic E-state index is 6.09. The molecule has 112 valence electrons. The molecule has 0 bridgehead atoms. The van der Waals surface area contributed by atoms with Crippen LogP contribution in [0.4, 0.5) is 0 Å². The molecule has 21 heavy (non-hydrogen) atoms. The van der Waals surface area contributed by atoms with Gasteiger partial charge >= 0.3 is 7.12 Å². The van der Waals surface area contributed by atoms with Crippen LogP contribution in [-0.4, -0.2) is 23.3 Å². The highest BCUT2D eigenvalue weighted by atomic mass is 16.7. The molecule has 3 rings (SSSR count). The smallest absolute Gasteiger partial charge is 0.398 e. The molecule has 1 aromatic rings. The Kier molecular flexibility index (Phi) is 3.70. The Labute approximate surface area is 127 Å². The van der Waals surface area contributed by atoms with Gasteiger partial charge in [-0.2, -0.15) is 0 Å². The molecule has 0 unspecified atom stereocenters. The van der Waals surface area contributed by atoms with Crippen LogP contribution in [0.15, 0.2) is 24.4 Å². The second kappa shape index (κ2) is 5.26. The number of hydrogen-bond acceptors (Lipinski definition) is 3. The Morgan fingerprint density at radius 3 is 2.43 bits per heavy atom. The summed E-state index contributed by atoms with van der Waals surface area (Å²) in [6.45, 7) is 8.28. The van der Waals surface area contributed by atoms with E-state index in [0.717, 1.165) is 12.0 Å². The van der Waals surface area contributed by atoms with Crippen molar-refractivity contribution in [2.75, 3.05) is 0 Å². The minimum absolute atomic E-state index is 0.320. The maximum absolute atomic E-state index is 6.09. The van der Waals surface area contributed by atoms with E-state index in [1.54, 1.807) is 0 Å². The van der Waals surface area contributed by atoms with Crippen molar-refractivity contribution in [1.29, 1.82) is 0 Å². The third-order valence-electron chi connectivity index (χ3n) is 4.94. The van der Waals surface area contributed by atoms with Crippen molar-refractivity contribution in [3.05, 3.63) is 30.0 Å². The van der Waals surface area contributed by atoms with Gasteiger partial charge in [0.2, 0.25) is 0 Å². The van der Waals surface area contributed by atoms with Crippen molar-refractivity contribution in [1.82, 2.24) is 4.98 Å². The minimum Gasteiger partial charge on any atom is -0.398 e. The van der Waals surface area contributed by atoms with E-state index in [9.17, 15) is 0 Å². The van der Waals surface area contributed by atoms with Crippen LogP contribution in [-0.2, 0) is 9.31 Å². The Morgan fingerprint density at radius 2 is 1.81 bits per heavy atom. The van der Waals surface area contributed by atoms with Gasteiger partial charge in [-0.1, -0.05) is 6.08 Å². The average molecular weight is 285 g/mol. The van der Waals surface area contributed by atoms with Crippen molar-refractivity contribution < 1.29 is 9.31 Å².